The molecule has 0 unspecified atom stereocenters. The average molecular weight is 384 g/mol. The molecule has 0 aliphatic carbocycles. The minimum atomic E-state index is -0.250. The molecular weight excluding hydrogens is 356 g/mol. The Bertz CT molecular complexity index is 859. The second kappa shape index (κ2) is 9.01. The third-order valence-corrected chi connectivity index (χ3v) is 4.99. The van der Waals surface area contributed by atoms with Crippen molar-refractivity contribution >= 4 is 17.5 Å². The molecular formula is C21H28N4O3. The van der Waals surface area contributed by atoms with E-state index in [1.54, 1.807) is 12.0 Å². The van der Waals surface area contributed by atoms with E-state index >= 15 is 0 Å². The number of carbonyl (C=O) groups excluding carboxylic acids is 2. The Labute approximate surface area is 165 Å². The number of nitrogens with zero attached hydrogens (tertiary/aromatic N) is 3. The molecule has 7 heteroatoms. The Morgan fingerprint density at radius 1 is 1.32 bits per heavy atom. The number of aromatic nitrogens is 2. The number of hydrogen-bond donors (Lipinski definition) is 1. The van der Waals surface area contributed by atoms with E-state index in [-0.39, 0.29) is 11.8 Å². The van der Waals surface area contributed by atoms with Crippen LogP contribution in [-0.2, 0) is 17.7 Å². The van der Waals surface area contributed by atoms with E-state index in [1.165, 1.54) is 0 Å². The van der Waals surface area contributed by atoms with Gasteiger partial charge in [0.2, 0.25) is 5.82 Å². The summed E-state index contributed by atoms with van der Waals surface area (Å²) >= 11 is 0. The highest BCUT2D eigenvalue weighted by molar-refractivity contribution is 6.05. The van der Waals surface area contributed by atoms with Gasteiger partial charge in [-0.2, -0.15) is 0 Å². The third kappa shape index (κ3) is 4.09. The van der Waals surface area contributed by atoms with Crippen molar-refractivity contribution in [3.8, 4) is 0 Å². The standard InChI is InChI=1S/C21H28N4O3/c1-4-24(16-9-7-8-15(2)14-16)21(27)19-23-18(20(26)22-11-13-28-3)17-10-5-6-12-25(17)19/h7-9,14H,4-6,10-13H2,1-3H3,(H,22,26). The van der Waals surface area contributed by atoms with Gasteiger partial charge in [-0.1, -0.05) is 12.1 Å². The Morgan fingerprint density at radius 2 is 2.14 bits per heavy atom. The zero-order valence-electron chi connectivity index (χ0n) is 16.8. The number of rotatable bonds is 7. The largest absolute Gasteiger partial charge is 0.383 e. The average Bonchev–Trinajstić information content (AvgIpc) is 3.08. The molecule has 0 saturated heterocycles. The van der Waals surface area contributed by atoms with E-state index in [0.717, 1.165) is 36.2 Å². The Hall–Kier alpha value is -2.67. The number of fused-ring (bicyclic) bond motifs is 1. The van der Waals surface area contributed by atoms with Gasteiger partial charge in [0, 0.05) is 32.4 Å². The van der Waals surface area contributed by atoms with Gasteiger partial charge in [-0.25, -0.2) is 4.98 Å². The summed E-state index contributed by atoms with van der Waals surface area (Å²) in [6.45, 7) is 6.03. The van der Waals surface area contributed by atoms with E-state index in [0.29, 0.717) is 37.8 Å². The Kier molecular flexibility index (Phi) is 6.46. The highest BCUT2D eigenvalue weighted by atomic mass is 16.5. The number of methoxy groups -OCH3 is 1. The molecule has 1 aliphatic heterocycles. The lowest BCUT2D eigenvalue weighted by Gasteiger charge is -2.23. The van der Waals surface area contributed by atoms with Crippen LogP contribution in [0.3, 0.4) is 0 Å². The molecule has 0 atom stereocenters. The van der Waals surface area contributed by atoms with Crippen LogP contribution in [0.1, 0.15) is 52.1 Å². The van der Waals surface area contributed by atoms with Crippen molar-refractivity contribution in [1.82, 2.24) is 14.9 Å². The van der Waals surface area contributed by atoms with E-state index in [4.69, 9.17) is 4.74 Å². The molecule has 1 aromatic heterocycles. The molecule has 1 N–H and O–H groups in total. The predicted molar refractivity (Wildman–Crippen MR) is 108 cm³/mol. The third-order valence-electron chi connectivity index (χ3n) is 4.99. The molecule has 0 saturated carbocycles. The number of benzene rings is 1. The number of hydrogen-bond acceptors (Lipinski definition) is 4. The molecule has 2 aromatic rings. The van der Waals surface area contributed by atoms with Gasteiger partial charge in [0.1, 0.15) is 5.69 Å². The smallest absolute Gasteiger partial charge is 0.294 e. The molecule has 1 aliphatic rings. The normalized spacial score (nSPS) is 13.1. The van der Waals surface area contributed by atoms with E-state index in [9.17, 15) is 9.59 Å². The van der Waals surface area contributed by atoms with E-state index < -0.39 is 0 Å². The van der Waals surface area contributed by atoms with Crippen molar-refractivity contribution in [1.29, 1.82) is 0 Å². The first-order valence-electron chi connectivity index (χ1n) is 9.81. The second-order valence-corrected chi connectivity index (χ2v) is 6.98. The molecule has 1 aromatic carbocycles. The van der Waals surface area contributed by atoms with Crippen molar-refractivity contribution in [2.45, 2.75) is 39.7 Å². The molecule has 0 spiro atoms. The summed E-state index contributed by atoms with van der Waals surface area (Å²) in [6, 6.07) is 7.85. The quantitative estimate of drug-likeness (QED) is 0.745. The van der Waals surface area contributed by atoms with Crippen LogP contribution in [-0.4, -0.2) is 48.2 Å². The number of ether oxygens (including phenoxy) is 1. The van der Waals surface area contributed by atoms with Gasteiger partial charge in [0.15, 0.2) is 0 Å². The summed E-state index contributed by atoms with van der Waals surface area (Å²) in [6.07, 6.45) is 2.72. The SMILES string of the molecule is CCN(C(=O)c1nc(C(=O)NCCOC)c2n1CCCC2)c1cccc(C)c1. The first kappa shape index (κ1) is 20.1. The lowest BCUT2D eigenvalue weighted by Crippen LogP contribution is -2.33. The fourth-order valence-electron chi connectivity index (χ4n) is 3.60. The van der Waals surface area contributed by atoms with Crippen molar-refractivity contribution in [3.05, 3.63) is 47.0 Å². The van der Waals surface area contributed by atoms with Crippen LogP contribution in [0.25, 0.3) is 0 Å². The highest BCUT2D eigenvalue weighted by Gasteiger charge is 2.29. The Morgan fingerprint density at radius 3 is 2.86 bits per heavy atom. The van der Waals surface area contributed by atoms with Crippen molar-refractivity contribution in [2.24, 2.45) is 0 Å². The number of carbonyl (C=O) groups is 2. The molecule has 150 valence electrons. The number of amides is 2. The first-order valence-corrected chi connectivity index (χ1v) is 9.81. The van der Waals surface area contributed by atoms with E-state index in [1.807, 2.05) is 42.7 Å². The molecule has 0 radical (unpaired) electrons. The van der Waals surface area contributed by atoms with Crippen LogP contribution in [0, 0.1) is 6.92 Å². The summed E-state index contributed by atoms with van der Waals surface area (Å²) < 4.78 is 6.91. The van der Waals surface area contributed by atoms with Crippen LogP contribution >= 0.6 is 0 Å². The molecule has 28 heavy (non-hydrogen) atoms. The molecule has 0 fully saturated rings. The van der Waals surface area contributed by atoms with Crippen LogP contribution in [0.15, 0.2) is 24.3 Å². The fraction of sp³-hybridized carbons (Fsp3) is 0.476. The number of anilines is 1. The van der Waals surface area contributed by atoms with Crippen molar-refractivity contribution in [2.75, 3.05) is 31.7 Å². The molecule has 2 amide bonds. The number of aryl methyl sites for hydroxylation is 1. The maximum absolute atomic E-state index is 13.3. The fourth-order valence-corrected chi connectivity index (χ4v) is 3.60. The summed E-state index contributed by atoms with van der Waals surface area (Å²) in [5.41, 5.74) is 3.14. The maximum Gasteiger partial charge on any atom is 0.294 e. The second-order valence-electron chi connectivity index (χ2n) is 6.98. The van der Waals surface area contributed by atoms with Crippen LogP contribution in [0.2, 0.25) is 0 Å². The lowest BCUT2D eigenvalue weighted by atomic mass is 10.1. The summed E-state index contributed by atoms with van der Waals surface area (Å²) in [4.78, 5) is 32.2. The van der Waals surface area contributed by atoms with Crippen molar-refractivity contribution in [3.63, 3.8) is 0 Å². The van der Waals surface area contributed by atoms with Gasteiger partial charge < -0.3 is 19.5 Å². The van der Waals surface area contributed by atoms with Gasteiger partial charge >= 0.3 is 0 Å². The maximum atomic E-state index is 13.3. The van der Waals surface area contributed by atoms with Gasteiger partial charge in [-0.3, -0.25) is 9.59 Å². The lowest BCUT2D eigenvalue weighted by molar-refractivity contribution is 0.0931. The molecule has 0 bridgehead atoms. The van der Waals surface area contributed by atoms with Gasteiger partial charge in [0.25, 0.3) is 11.8 Å². The van der Waals surface area contributed by atoms with E-state index in [2.05, 4.69) is 10.3 Å². The highest BCUT2D eigenvalue weighted by Crippen LogP contribution is 2.24. The zero-order chi connectivity index (χ0) is 20.1. The van der Waals surface area contributed by atoms with Gasteiger partial charge in [0.05, 0.1) is 12.3 Å². The summed E-state index contributed by atoms with van der Waals surface area (Å²) in [5, 5.41) is 2.82. The predicted octanol–water partition coefficient (Wildman–Crippen LogP) is 2.57. The van der Waals surface area contributed by atoms with Crippen LogP contribution < -0.4 is 10.2 Å². The minimum Gasteiger partial charge on any atom is -0.383 e. The van der Waals surface area contributed by atoms with Crippen LogP contribution in [0.4, 0.5) is 5.69 Å². The monoisotopic (exact) mass is 384 g/mol. The van der Waals surface area contributed by atoms with Crippen molar-refractivity contribution < 1.29 is 14.3 Å². The Balaban J connectivity index is 1.94. The number of nitrogens with one attached hydrogen (secondary N) is 1. The van der Waals surface area contributed by atoms with Crippen LogP contribution in [0.5, 0.6) is 0 Å². The minimum absolute atomic E-state index is 0.174. The molecule has 2 heterocycles. The van der Waals surface area contributed by atoms with Gasteiger partial charge in [-0.05, 0) is 50.8 Å². The number of imidazole rings is 1. The first-order chi connectivity index (χ1) is 13.6. The zero-order valence-corrected chi connectivity index (χ0v) is 16.8. The summed E-state index contributed by atoms with van der Waals surface area (Å²) in [7, 11) is 1.59. The summed E-state index contributed by atoms with van der Waals surface area (Å²) in [5.74, 6) is -0.0810. The molecule has 3 rings (SSSR count). The molecule has 7 nitrogen and oxygen atoms in total. The topological polar surface area (TPSA) is 76.5 Å². The van der Waals surface area contributed by atoms with Gasteiger partial charge in [-0.15, -0.1) is 0 Å².